The van der Waals surface area contributed by atoms with Gasteiger partial charge in [0.2, 0.25) is 0 Å². The van der Waals surface area contributed by atoms with E-state index in [0.717, 1.165) is 0 Å². The van der Waals surface area contributed by atoms with Gasteiger partial charge in [0.25, 0.3) is 0 Å². The molecule has 8 nitrogen and oxygen atoms in total. The molecule has 0 aliphatic rings. The number of carboxylic acids is 2. The minimum absolute atomic E-state index is 0.186. The zero-order chi connectivity index (χ0) is 13.0. The number of carbonyl (C=O) groups is 2. The molecule has 1 aromatic rings. The molecule has 0 radical (unpaired) electrons. The van der Waals surface area contributed by atoms with Gasteiger partial charge in [0, 0.05) is 10.9 Å². The smallest absolute Gasteiger partial charge is 0.326 e. The normalized spacial score (nSPS) is 12.0. The molecule has 1 rings (SSSR count). The summed E-state index contributed by atoms with van der Waals surface area (Å²) in [4.78, 5) is 31.2. The highest BCUT2D eigenvalue weighted by molar-refractivity contribution is 7.15. The van der Waals surface area contributed by atoms with E-state index in [9.17, 15) is 19.7 Å². The number of thiophene rings is 1. The Balaban J connectivity index is 2.85. The second-order valence-corrected chi connectivity index (χ2v) is 4.07. The summed E-state index contributed by atoms with van der Waals surface area (Å²) in [6.45, 7) is -0.539. The standard InChI is InChI=1S/C8H8N2O6S/c11-6(12)3-9-7(8(13)14)4-1-2-5(17-4)10(15)16/h1-2,7,9H,3H2,(H,11,12)(H,13,14). The number of hydrogen-bond donors (Lipinski definition) is 3. The summed E-state index contributed by atoms with van der Waals surface area (Å²) < 4.78 is 0. The molecule has 92 valence electrons. The van der Waals surface area contributed by atoms with E-state index in [0.29, 0.717) is 11.3 Å². The summed E-state index contributed by atoms with van der Waals surface area (Å²) in [5, 5.41) is 29.8. The minimum Gasteiger partial charge on any atom is -0.480 e. The van der Waals surface area contributed by atoms with E-state index in [1.54, 1.807) is 0 Å². The van der Waals surface area contributed by atoms with E-state index in [-0.39, 0.29) is 9.88 Å². The molecule has 0 saturated heterocycles. The fourth-order valence-electron chi connectivity index (χ4n) is 1.09. The third-order valence-electron chi connectivity index (χ3n) is 1.78. The largest absolute Gasteiger partial charge is 0.480 e. The van der Waals surface area contributed by atoms with Crippen molar-refractivity contribution in [2.45, 2.75) is 6.04 Å². The van der Waals surface area contributed by atoms with Crippen molar-refractivity contribution in [3.63, 3.8) is 0 Å². The molecule has 0 bridgehead atoms. The van der Waals surface area contributed by atoms with Gasteiger partial charge in [-0.1, -0.05) is 11.3 Å². The van der Waals surface area contributed by atoms with Crippen molar-refractivity contribution in [2.24, 2.45) is 0 Å². The van der Waals surface area contributed by atoms with Crippen LogP contribution in [0, 0.1) is 10.1 Å². The molecule has 0 aliphatic carbocycles. The quantitative estimate of drug-likeness (QED) is 0.500. The van der Waals surface area contributed by atoms with Gasteiger partial charge in [0.05, 0.1) is 11.5 Å². The molecule has 0 amide bonds. The third kappa shape index (κ3) is 3.50. The molecule has 0 saturated carbocycles. The van der Waals surface area contributed by atoms with E-state index in [1.807, 2.05) is 0 Å². The number of nitro groups is 1. The van der Waals surface area contributed by atoms with Crippen molar-refractivity contribution >= 4 is 28.3 Å². The van der Waals surface area contributed by atoms with E-state index < -0.39 is 29.4 Å². The first-order valence-electron chi connectivity index (χ1n) is 4.34. The van der Waals surface area contributed by atoms with Crippen LogP contribution in [0.2, 0.25) is 0 Å². The Morgan fingerprint density at radius 1 is 1.47 bits per heavy atom. The molecule has 0 aliphatic heterocycles. The van der Waals surface area contributed by atoms with Gasteiger partial charge in [-0.15, -0.1) is 0 Å². The van der Waals surface area contributed by atoms with Gasteiger partial charge in [0.15, 0.2) is 0 Å². The molecule has 0 spiro atoms. The Hall–Kier alpha value is -2.00. The SMILES string of the molecule is O=C(O)CNC(C(=O)O)c1ccc([N+](=O)[O-])s1. The van der Waals surface area contributed by atoms with Crippen LogP contribution < -0.4 is 5.32 Å². The fraction of sp³-hybridized carbons (Fsp3) is 0.250. The Morgan fingerprint density at radius 2 is 2.12 bits per heavy atom. The monoisotopic (exact) mass is 260 g/mol. The van der Waals surface area contributed by atoms with Crippen molar-refractivity contribution in [1.82, 2.24) is 5.32 Å². The average Bonchev–Trinajstić information content (AvgIpc) is 2.66. The van der Waals surface area contributed by atoms with Gasteiger partial charge in [-0.2, -0.15) is 0 Å². The Bertz CT molecular complexity index is 457. The van der Waals surface area contributed by atoms with E-state index in [4.69, 9.17) is 10.2 Å². The zero-order valence-corrected chi connectivity index (χ0v) is 9.14. The van der Waals surface area contributed by atoms with Crippen molar-refractivity contribution < 1.29 is 24.7 Å². The molecular formula is C8H8N2O6S. The van der Waals surface area contributed by atoms with Gasteiger partial charge >= 0.3 is 16.9 Å². The Labute approximate surface area is 98.6 Å². The van der Waals surface area contributed by atoms with Crippen LogP contribution in [0.3, 0.4) is 0 Å². The number of aliphatic carboxylic acids is 2. The molecule has 0 fully saturated rings. The number of rotatable bonds is 6. The average molecular weight is 260 g/mol. The van der Waals surface area contributed by atoms with Crippen molar-refractivity contribution in [2.75, 3.05) is 6.54 Å². The van der Waals surface area contributed by atoms with E-state index in [1.165, 1.54) is 12.1 Å². The summed E-state index contributed by atoms with van der Waals surface area (Å²) in [5.74, 6) is -2.50. The number of carboxylic acid groups (broad SMARTS) is 2. The maximum absolute atomic E-state index is 10.9. The predicted molar refractivity (Wildman–Crippen MR) is 57.0 cm³/mol. The van der Waals surface area contributed by atoms with Gasteiger partial charge in [-0.05, 0) is 6.07 Å². The molecule has 1 heterocycles. The molecule has 1 aromatic heterocycles. The molecule has 1 unspecified atom stereocenters. The zero-order valence-electron chi connectivity index (χ0n) is 8.32. The number of nitrogens with one attached hydrogen (secondary N) is 1. The van der Waals surface area contributed by atoms with Crippen LogP contribution >= 0.6 is 11.3 Å². The second-order valence-electron chi connectivity index (χ2n) is 2.98. The minimum atomic E-state index is -1.29. The lowest BCUT2D eigenvalue weighted by molar-refractivity contribution is -0.380. The van der Waals surface area contributed by atoms with E-state index >= 15 is 0 Å². The van der Waals surface area contributed by atoms with Gasteiger partial charge < -0.3 is 10.2 Å². The van der Waals surface area contributed by atoms with Gasteiger partial charge in [0.1, 0.15) is 6.04 Å². The van der Waals surface area contributed by atoms with Crippen molar-refractivity contribution in [3.05, 3.63) is 27.1 Å². The maximum Gasteiger partial charge on any atom is 0.326 e. The van der Waals surface area contributed by atoms with Gasteiger partial charge in [-0.3, -0.25) is 25.0 Å². The van der Waals surface area contributed by atoms with Crippen LogP contribution in [-0.4, -0.2) is 33.6 Å². The second kappa shape index (κ2) is 5.37. The summed E-state index contributed by atoms with van der Waals surface area (Å²) in [7, 11) is 0. The highest BCUT2D eigenvalue weighted by Gasteiger charge is 2.24. The lowest BCUT2D eigenvalue weighted by Crippen LogP contribution is -2.32. The van der Waals surface area contributed by atoms with Crippen LogP contribution in [0.15, 0.2) is 12.1 Å². The third-order valence-corrected chi connectivity index (χ3v) is 2.88. The molecule has 3 N–H and O–H groups in total. The van der Waals surface area contributed by atoms with Crippen LogP contribution in [0.25, 0.3) is 0 Å². The fourth-order valence-corrected chi connectivity index (χ4v) is 1.98. The number of hydrogen-bond acceptors (Lipinski definition) is 6. The highest BCUT2D eigenvalue weighted by Crippen LogP contribution is 2.28. The summed E-state index contributed by atoms with van der Waals surface area (Å²) in [6, 6.07) is 1.21. The lowest BCUT2D eigenvalue weighted by Gasteiger charge is -2.09. The predicted octanol–water partition coefficient (Wildman–Crippen LogP) is 0.456. The maximum atomic E-state index is 10.9. The van der Waals surface area contributed by atoms with Crippen molar-refractivity contribution in [1.29, 1.82) is 0 Å². The van der Waals surface area contributed by atoms with Crippen LogP contribution in [0.5, 0.6) is 0 Å². The first-order valence-corrected chi connectivity index (χ1v) is 5.15. The van der Waals surface area contributed by atoms with Crippen LogP contribution in [-0.2, 0) is 9.59 Å². The molecule has 0 aromatic carbocycles. The van der Waals surface area contributed by atoms with Crippen LogP contribution in [0.4, 0.5) is 5.00 Å². The molecule has 1 atom stereocenters. The number of nitrogens with zero attached hydrogens (tertiary/aromatic N) is 1. The van der Waals surface area contributed by atoms with Crippen molar-refractivity contribution in [3.8, 4) is 0 Å². The lowest BCUT2D eigenvalue weighted by atomic mass is 10.2. The Kier molecular flexibility index (Phi) is 4.12. The summed E-state index contributed by atoms with van der Waals surface area (Å²) in [5.41, 5.74) is 0. The topological polar surface area (TPSA) is 130 Å². The summed E-state index contributed by atoms with van der Waals surface area (Å²) in [6.07, 6.45) is 0. The molecule has 17 heavy (non-hydrogen) atoms. The van der Waals surface area contributed by atoms with E-state index in [2.05, 4.69) is 5.32 Å². The Morgan fingerprint density at radius 3 is 2.53 bits per heavy atom. The van der Waals surface area contributed by atoms with Crippen LogP contribution in [0.1, 0.15) is 10.9 Å². The van der Waals surface area contributed by atoms with Gasteiger partial charge in [-0.25, -0.2) is 0 Å². The highest BCUT2D eigenvalue weighted by atomic mass is 32.1. The first-order chi connectivity index (χ1) is 7.91. The summed E-state index contributed by atoms with van der Waals surface area (Å²) >= 11 is 0.694. The first kappa shape index (κ1) is 13.1. The molecular weight excluding hydrogens is 252 g/mol. The molecule has 9 heteroatoms.